The molecule has 0 aliphatic heterocycles. The van der Waals surface area contributed by atoms with Crippen LogP contribution >= 0.6 is 15.9 Å². The van der Waals surface area contributed by atoms with Crippen LogP contribution in [0.2, 0.25) is 0 Å². The number of ether oxygens (including phenoxy) is 1. The van der Waals surface area contributed by atoms with Crippen molar-refractivity contribution >= 4 is 21.8 Å². The molecular weight excluding hydrogens is 286 g/mol. The lowest BCUT2D eigenvalue weighted by molar-refractivity contribution is -0.124. The van der Waals surface area contributed by atoms with E-state index in [9.17, 15) is 4.79 Å². The first kappa shape index (κ1) is 14.2. The monoisotopic (exact) mass is 303 g/mol. The Bertz CT molecular complexity index is 354. The van der Waals surface area contributed by atoms with Gasteiger partial charge < -0.3 is 10.1 Å². The van der Waals surface area contributed by atoms with Crippen LogP contribution in [0.4, 0.5) is 0 Å². The lowest BCUT2D eigenvalue weighted by Gasteiger charge is -2.12. The number of carbonyl (C=O) groups excluding carboxylic acids is 1. The predicted molar refractivity (Wildman–Crippen MR) is 68.6 cm³/mol. The summed E-state index contributed by atoms with van der Waals surface area (Å²) in [4.78, 5) is 11.7. The maximum atomic E-state index is 11.7. The first-order valence-corrected chi connectivity index (χ1v) is 6.37. The standard InChI is InChI=1S/C11H18BrN3O2/c1-9(7-15-8-10(12)6-14-15)11(16)13-4-3-5-17-2/h6,8-9H,3-5,7H2,1-2H3,(H,13,16). The maximum absolute atomic E-state index is 11.7. The molecule has 1 rings (SSSR count). The molecule has 0 bridgehead atoms. The lowest BCUT2D eigenvalue weighted by Crippen LogP contribution is -2.32. The molecule has 0 saturated heterocycles. The number of nitrogens with zero attached hydrogens (tertiary/aromatic N) is 2. The molecule has 0 aliphatic carbocycles. The van der Waals surface area contributed by atoms with Crippen LogP contribution in [0.25, 0.3) is 0 Å². The molecular formula is C11H18BrN3O2. The molecule has 1 aromatic heterocycles. The van der Waals surface area contributed by atoms with Gasteiger partial charge in [0.05, 0.1) is 23.1 Å². The van der Waals surface area contributed by atoms with Gasteiger partial charge in [-0.2, -0.15) is 5.10 Å². The normalized spacial score (nSPS) is 12.4. The van der Waals surface area contributed by atoms with Gasteiger partial charge >= 0.3 is 0 Å². The van der Waals surface area contributed by atoms with E-state index in [4.69, 9.17) is 4.74 Å². The average Bonchev–Trinajstić information content (AvgIpc) is 2.70. The minimum Gasteiger partial charge on any atom is -0.385 e. The van der Waals surface area contributed by atoms with Gasteiger partial charge in [0.25, 0.3) is 0 Å². The highest BCUT2D eigenvalue weighted by Crippen LogP contribution is 2.08. The van der Waals surface area contributed by atoms with Crippen molar-refractivity contribution in [3.05, 3.63) is 16.9 Å². The van der Waals surface area contributed by atoms with Crippen molar-refractivity contribution in [3.63, 3.8) is 0 Å². The fourth-order valence-electron chi connectivity index (χ4n) is 1.40. The number of carbonyl (C=O) groups is 1. The molecule has 1 atom stereocenters. The number of aromatic nitrogens is 2. The van der Waals surface area contributed by atoms with Gasteiger partial charge in [-0.15, -0.1) is 0 Å². The van der Waals surface area contributed by atoms with Crippen LogP contribution < -0.4 is 5.32 Å². The summed E-state index contributed by atoms with van der Waals surface area (Å²) in [6.45, 7) is 3.80. The van der Waals surface area contributed by atoms with Crippen molar-refractivity contribution in [1.29, 1.82) is 0 Å². The minimum absolute atomic E-state index is 0.0488. The van der Waals surface area contributed by atoms with Crippen LogP contribution in [0.3, 0.4) is 0 Å². The topological polar surface area (TPSA) is 56.1 Å². The fourth-order valence-corrected chi connectivity index (χ4v) is 1.73. The SMILES string of the molecule is COCCCNC(=O)C(C)Cn1cc(Br)cn1. The Balaban J connectivity index is 2.27. The third kappa shape index (κ3) is 5.32. The number of rotatable bonds is 7. The Labute approximate surface area is 110 Å². The van der Waals surface area contributed by atoms with Crippen LogP contribution in [0.15, 0.2) is 16.9 Å². The summed E-state index contributed by atoms with van der Waals surface area (Å²) in [5, 5.41) is 6.99. The molecule has 1 unspecified atom stereocenters. The zero-order valence-electron chi connectivity index (χ0n) is 10.1. The van der Waals surface area contributed by atoms with Crippen LogP contribution in [-0.2, 0) is 16.1 Å². The number of hydrogen-bond donors (Lipinski definition) is 1. The Morgan fingerprint density at radius 1 is 1.71 bits per heavy atom. The quantitative estimate of drug-likeness (QED) is 0.775. The summed E-state index contributed by atoms with van der Waals surface area (Å²) in [5.41, 5.74) is 0. The zero-order valence-corrected chi connectivity index (χ0v) is 11.7. The minimum atomic E-state index is -0.0932. The van der Waals surface area contributed by atoms with Crippen LogP contribution in [0.1, 0.15) is 13.3 Å². The molecule has 96 valence electrons. The summed E-state index contributed by atoms with van der Waals surface area (Å²) >= 11 is 3.32. The second-order valence-electron chi connectivity index (χ2n) is 3.92. The number of hydrogen-bond acceptors (Lipinski definition) is 3. The first-order valence-electron chi connectivity index (χ1n) is 5.58. The summed E-state index contributed by atoms with van der Waals surface area (Å²) in [6.07, 6.45) is 4.40. The molecule has 5 nitrogen and oxygen atoms in total. The third-order valence-corrected chi connectivity index (χ3v) is 2.74. The van der Waals surface area contributed by atoms with E-state index in [1.807, 2.05) is 13.1 Å². The number of nitrogens with one attached hydrogen (secondary N) is 1. The van der Waals surface area contributed by atoms with E-state index in [-0.39, 0.29) is 11.8 Å². The molecule has 0 saturated carbocycles. The number of methoxy groups -OCH3 is 1. The second kappa shape index (κ2) is 7.45. The van der Waals surface area contributed by atoms with Gasteiger partial charge in [-0.25, -0.2) is 0 Å². The molecule has 1 N–H and O–H groups in total. The Hall–Kier alpha value is -0.880. The van der Waals surface area contributed by atoms with E-state index >= 15 is 0 Å². The average molecular weight is 304 g/mol. The van der Waals surface area contributed by atoms with E-state index < -0.39 is 0 Å². The van der Waals surface area contributed by atoms with E-state index in [0.29, 0.717) is 19.7 Å². The lowest BCUT2D eigenvalue weighted by atomic mass is 10.1. The highest BCUT2D eigenvalue weighted by atomic mass is 79.9. The molecule has 0 aromatic carbocycles. The van der Waals surface area contributed by atoms with Crippen molar-refractivity contribution in [2.75, 3.05) is 20.3 Å². The van der Waals surface area contributed by atoms with E-state index in [1.54, 1.807) is 18.0 Å². The van der Waals surface area contributed by atoms with Crippen molar-refractivity contribution in [2.24, 2.45) is 5.92 Å². The summed E-state index contributed by atoms with van der Waals surface area (Å²) in [5.74, 6) is -0.0444. The van der Waals surface area contributed by atoms with E-state index in [0.717, 1.165) is 10.9 Å². The third-order valence-electron chi connectivity index (χ3n) is 2.33. The summed E-state index contributed by atoms with van der Waals surface area (Å²) in [7, 11) is 1.65. The molecule has 17 heavy (non-hydrogen) atoms. The number of amides is 1. The second-order valence-corrected chi connectivity index (χ2v) is 4.83. The maximum Gasteiger partial charge on any atom is 0.224 e. The van der Waals surface area contributed by atoms with Crippen molar-refractivity contribution in [3.8, 4) is 0 Å². The Morgan fingerprint density at radius 2 is 2.47 bits per heavy atom. The highest BCUT2D eigenvalue weighted by Gasteiger charge is 2.13. The van der Waals surface area contributed by atoms with Crippen molar-refractivity contribution < 1.29 is 9.53 Å². The van der Waals surface area contributed by atoms with Gasteiger partial charge in [-0.1, -0.05) is 6.92 Å². The van der Waals surface area contributed by atoms with Crippen LogP contribution in [0, 0.1) is 5.92 Å². The first-order chi connectivity index (χ1) is 8.13. The Kier molecular flexibility index (Phi) is 6.21. The van der Waals surface area contributed by atoms with Gasteiger partial charge in [0, 0.05) is 26.5 Å². The number of halogens is 1. The van der Waals surface area contributed by atoms with Crippen LogP contribution in [-0.4, -0.2) is 35.9 Å². The van der Waals surface area contributed by atoms with Gasteiger partial charge in [-0.3, -0.25) is 9.48 Å². The van der Waals surface area contributed by atoms with Crippen molar-refractivity contribution in [2.45, 2.75) is 19.9 Å². The summed E-state index contributed by atoms with van der Waals surface area (Å²) < 4.78 is 7.59. The van der Waals surface area contributed by atoms with Gasteiger partial charge in [-0.05, 0) is 22.4 Å². The van der Waals surface area contributed by atoms with Gasteiger partial charge in [0.15, 0.2) is 0 Å². The van der Waals surface area contributed by atoms with Crippen LogP contribution in [0.5, 0.6) is 0 Å². The molecule has 0 fully saturated rings. The van der Waals surface area contributed by atoms with E-state index in [2.05, 4.69) is 26.3 Å². The molecule has 0 spiro atoms. The largest absolute Gasteiger partial charge is 0.385 e. The zero-order chi connectivity index (χ0) is 12.7. The molecule has 1 heterocycles. The molecule has 1 amide bonds. The molecule has 0 aliphatic rings. The smallest absolute Gasteiger partial charge is 0.224 e. The molecule has 0 radical (unpaired) electrons. The van der Waals surface area contributed by atoms with Gasteiger partial charge in [0.2, 0.25) is 5.91 Å². The molecule has 1 aromatic rings. The summed E-state index contributed by atoms with van der Waals surface area (Å²) in [6, 6.07) is 0. The van der Waals surface area contributed by atoms with Gasteiger partial charge in [0.1, 0.15) is 0 Å². The van der Waals surface area contributed by atoms with E-state index in [1.165, 1.54) is 0 Å². The Morgan fingerprint density at radius 3 is 3.06 bits per heavy atom. The predicted octanol–water partition coefficient (Wildman–Crippen LogP) is 1.43. The van der Waals surface area contributed by atoms with Crippen molar-refractivity contribution in [1.82, 2.24) is 15.1 Å². The highest BCUT2D eigenvalue weighted by molar-refractivity contribution is 9.10. The molecule has 6 heteroatoms. The fraction of sp³-hybridized carbons (Fsp3) is 0.636.